The normalized spacial score (nSPS) is 16.6. The van der Waals surface area contributed by atoms with E-state index >= 15 is 0 Å². The van der Waals surface area contributed by atoms with E-state index in [0.29, 0.717) is 28.6 Å². The third-order valence-electron chi connectivity index (χ3n) is 5.42. The number of carbonyl (C=O) groups excluding carboxylic acids is 3. The zero-order chi connectivity index (χ0) is 21.4. The quantitative estimate of drug-likeness (QED) is 0.753. The van der Waals surface area contributed by atoms with Gasteiger partial charge in [0.25, 0.3) is 11.8 Å². The number of hydrogen-bond acceptors (Lipinski definition) is 7. The summed E-state index contributed by atoms with van der Waals surface area (Å²) in [5.74, 6) is -0.221. The van der Waals surface area contributed by atoms with E-state index in [2.05, 4.69) is 20.2 Å². The summed E-state index contributed by atoms with van der Waals surface area (Å²) in [4.78, 5) is 52.1. The number of aromatic nitrogens is 2. The highest BCUT2D eigenvalue weighted by Crippen LogP contribution is 2.28. The molecule has 3 amide bonds. The Morgan fingerprint density at radius 1 is 1.10 bits per heavy atom. The van der Waals surface area contributed by atoms with Gasteiger partial charge in [0.2, 0.25) is 11.9 Å². The van der Waals surface area contributed by atoms with E-state index in [1.54, 1.807) is 35.4 Å². The minimum Gasteiger partial charge on any atom is -0.361 e. The van der Waals surface area contributed by atoms with Crippen molar-refractivity contribution in [3.63, 3.8) is 0 Å². The van der Waals surface area contributed by atoms with E-state index in [0.717, 1.165) is 30.8 Å². The largest absolute Gasteiger partial charge is 0.361 e. The fourth-order valence-electron chi connectivity index (χ4n) is 3.78. The van der Waals surface area contributed by atoms with Gasteiger partial charge < -0.3 is 15.1 Å². The molecule has 1 fully saturated rings. The lowest BCUT2D eigenvalue weighted by Crippen LogP contribution is -2.45. The topological polar surface area (TPSA) is 98.7 Å². The molecule has 0 radical (unpaired) electrons. The fourth-order valence-corrected chi connectivity index (χ4v) is 3.78. The summed E-state index contributed by atoms with van der Waals surface area (Å²) in [7, 11) is 3.67. The number of rotatable bonds is 5. The summed E-state index contributed by atoms with van der Waals surface area (Å²) in [5, 5.41) is 2.78. The van der Waals surface area contributed by atoms with Crippen LogP contribution < -0.4 is 15.1 Å². The maximum atomic E-state index is 12.9. The monoisotopic (exact) mass is 408 g/mol. The number of anilines is 3. The highest BCUT2D eigenvalue weighted by molar-refractivity contribution is 6.23. The third kappa shape index (κ3) is 3.36. The van der Waals surface area contributed by atoms with Gasteiger partial charge in [-0.25, -0.2) is 4.98 Å². The lowest BCUT2D eigenvalue weighted by Gasteiger charge is -2.24. The van der Waals surface area contributed by atoms with Crippen molar-refractivity contribution in [2.75, 3.05) is 42.3 Å². The molecule has 1 unspecified atom stereocenters. The molecule has 9 heteroatoms. The van der Waals surface area contributed by atoms with Crippen LogP contribution in [0.25, 0.3) is 0 Å². The lowest BCUT2D eigenvalue weighted by molar-refractivity contribution is -0.119. The van der Waals surface area contributed by atoms with Crippen molar-refractivity contribution < 1.29 is 14.4 Å². The molecule has 30 heavy (non-hydrogen) atoms. The van der Waals surface area contributed by atoms with Crippen LogP contribution in [0.15, 0.2) is 30.5 Å². The maximum Gasteiger partial charge on any atom is 0.262 e. The molecular weight excluding hydrogens is 384 g/mol. The Morgan fingerprint density at radius 2 is 1.70 bits per heavy atom. The van der Waals surface area contributed by atoms with Gasteiger partial charge in [0.05, 0.1) is 17.3 Å². The first-order valence-electron chi connectivity index (χ1n) is 9.95. The maximum absolute atomic E-state index is 12.9. The molecule has 0 spiro atoms. The van der Waals surface area contributed by atoms with Crippen molar-refractivity contribution in [2.45, 2.75) is 25.8 Å². The lowest BCUT2D eigenvalue weighted by atomic mass is 10.1. The molecular formula is C21H24N6O3. The molecule has 1 aromatic heterocycles. The molecule has 9 nitrogen and oxygen atoms in total. The average molecular weight is 408 g/mol. The fraction of sp³-hybridized carbons (Fsp3) is 0.381. The predicted molar refractivity (Wildman–Crippen MR) is 113 cm³/mol. The molecule has 1 aromatic carbocycles. The second kappa shape index (κ2) is 7.74. The van der Waals surface area contributed by atoms with Gasteiger partial charge in [0.15, 0.2) is 5.82 Å². The van der Waals surface area contributed by atoms with Crippen LogP contribution in [0.1, 0.15) is 40.5 Å². The molecule has 0 aliphatic carbocycles. The van der Waals surface area contributed by atoms with Crippen molar-refractivity contribution in [2.24, 2.45) is 0 Å². The van der Waals surface area contributed by atoms with Crippen molar-refractivity contribution in [3.05, 3.63) is 41.6 Å². The number of hydrogen-bond donors (Lipinski definition) is 1. The second-order valence-electron chi connectivity index (χ2n) is 7.69. The van der Waals surface area contributed by atoms with Gasteiger partial charge in [-0.1, -0.05) is 12.1 Å². The Labute approximate surface area is 174 Å². The minimum absolute atomic E-state index is 0.314. The van der Waals surface area contributed by atoms with Crippen molar-refractivity contribution in [3.8, 4) is 0 Å². The van der Waals surface area contributed by atoms with Crippen LogP contribution in [-0.2, 0) is 4.79 Å². The molecule has 2 aromatic rings. The van der Waals surface area contributed by atoms with E-state index in [1.165, 1.54) is 6.92 Å². The van der Waals surface area contributed by atoms with Crippen LogP contribution in [-0.4, -0.2) is 65.8 Å². The third-order valence-corrected chi connectivity index (χ3v) is 5.42. The van der Waals surface area contributed by atoms with Crippen LogP contribution in [0, 0.1) is 0 Å². The molecule has 1 atom stereocenters. The zero-order valence-electron chi connectivity index (χ0n) is 17.3. The van der Waals surface area contributed by atoms with Gasteiger partial charge in [0, 0.05) is 27.2 Å². The van der Waals surface area contributed by atoms with Gasteiger partial charge in [-0.05, 0) is 31.9 Å². The molecule has 3 heterocycles. The number of fused-ring (bicyclic) bond motifs is 1. The highest BCUT2D eigenvalue weighted by Gasteiger charge is 2.40. The predicted octanol–water partition coefficient (Wildman–Crippen LogP) is 1.77. The Bertz CT molecular complexity index is 981. The summed E-state index contributed by atoms with van der Waals surface area (Å²) >= 11 is 0. The smallest absolute Gasteiger partial charge is 0.262 e. The molecule has 1 saturated heterocycles. The van der Waals surface area contributed by atoms with Gasteiger partial charge in [-0.15, -0.1) is 0 Å². The Kier molecular flexibility index (Phi) is 5.11. The average Bonchev–Trinajstić information content (AvgIpc) is 3.36. The summed E-state index contributed by atoms with van der Waals surface area (Å²) in [6.45, 7) is 3.36. The van der Waals surface area contributed by atoms with Gasteiger partial charge >= 0.3 is 0 Å². The van der Waals surface area contributed by atoms with E-state index in [4.69, 9.17) is 0 Å². The number of nitrogens with one attached hydrogen (secondary N) is 1. The van der Waals surface area contributed by atoms with Crippen molar-refractivity contribution in [1.82, 2.24) is 14.9 Å². The number of benzene rings is 1. The van der Waals surface area contributed by atoms with Gasteiger partial charge in [-0.2, -0.15) is 4.98 Å². The zero-order valence-corrected chi connectivity index (χ0v) is 17.3. The summed E-state index contributed by atoms with van der Waals surface area (Å²) < 4.78 is 0. The van der Waals surface area contributed by atoms with Crippen LogP contribution in [0.4, 0.5) is 17.5 Å². The number of amides is 3. The Morgan fingerprint density at radius 3 is 2.27 bits per heavy atom. The number of nitrogens with zero attached hydrogens (tertiary/aromatic N) is 5. The summed E-state index contributed by atoms with van der Waals surface area (Å²) in [5.41, 5.74) is 1.06. The second-order valence-corrected chi connectivity index (χ2v) is 7.69. The molecule has 4 rings (SSSR count). The SMILES string of the molecule is CC(C(=O)Nc1cnc(N2CCCC2)nc1N(C)C)N1C(=O)c2ccccc2C1=O. The van der Waals surface area contributed by atoms with Gasteiger partial charge in [0.1, 0.15) is 11.7 Å². The first-order chi connectivity index (χ1) is 14.4. The van der Waals surface area contributed by atoms with Crippen LogP contribution in [0.3, 0.4) is 0 Å². The standard InChI is InChI=1S/C21H24N6O3/c1-13(27-19(29)14-8-4-5-9-15(14)20(27)30)18(28)23-16-12-22-21(24-17(16)25(2)3)26-10-6-7-11-26/h4-5,8-9,12-13H,6-7,10-11H2,1-3H3,(H,23,28). The van der Waals surface area contributed by atoms with E-state index < -0.39 is 23.8 Å². The minimum atomic E-state index is -0.981. The Balaban J connectivity index is 1.55. The number of imide groups is 1. The summed E-state index contributed by atoms with van der Waals surface area (Å²) in [6.07, 6.45) is 3.79. The summed E-state index contributed by atoms with van der Waals surface area (Å²) in [6, 6.07) is 5.59. The Hall–Kier alpha value is -3.49. The van der Waals surface area contributed by atoms with E-state index in [1.807, 2.05) is 14.1 Å². The van der Waals surface area contributed by atoms with Crippen LogP contribution in [0.5, 0.6) is 0 Å². The van der Waals surface area contributed by atoms with Crippen LogP contribution >= 0.6 is 0 Å². The first kappa shape index (κ1) is 19.8. The van der Waals surface area contributed by atoms with Crippen molar-refractivity contribution in [1.29, 1.82) is 0 Å². The number of carbonyl (C=O) groups is 3. The van der Waals surface area contributed by atoms with Crippen LogP contribution in [0.2, 0.25) is 0 Å². The van der Waals surface area contributed by atoms with E-state index in [-0.39, 0.29) is 0 Å². The highest BCUT2D eigenvalue weighted by atomic mass is 16.2. The molecule has 0 saturated carbocycles. The van der Waals surface area contributed by atoms with E-state index in [9.17, 15) is 14.4 Å². The molecule has 156 valence electrons. The van der Waals surface area contributed by atoms with Crippen molar-refractivity contribution >= 4 is 35.2 Å². The molecule has 0 bridgehead atoms. The molecule has 2 aliphatic heterocycles. The first-order valence-corrected chi connectivity index (χ1v) is 9.95. The van der Waals surface area contributed by atoms with Gasteiger partial charge in [-0.3, -0.25) is 19.3 Å². The molecule has 1 N–H and O–H groups in total. The molecule has 2 aliphatic rings.